The predicted molar refractivity (Wildman–Crippen MR) is 75.2 cm³/mol. The topological polar surface area (TPSA) is 18.5 Å². The number of hydrogen-bond donors (Lipinski definition) is 0. The standard InChI is InChI=1S/C14H20BrO2/c1-3-6-12-7-8-13(14(11-12)16-2)17-10-5-4-9-15/h3,7-8,11H,4-6,9-10H2,1-2H3. The average Bonchev–Trinajstić information content (AvgIpc) is 2.36. The lowest BCUT2D eigenvalue weighted by molar-refractivity contribution is 0.288. The van der Waals surface area contributed by atoms with Gasteiger partial charge >= 0.3 is 0 Å². The first-order valence-electron chi connectivity index (χ1n) is 5.95. The van der Waals surface area contributed by atoms with Gasteiger partial charge in [-0.1, -0.05) is 28.9 Å². The van der Waals surface area contributed by atoms with Crippen LogP contribution >= 0.6 is 15.9 Å². The Balaban J connectivity index is 2.58. The summed E-state index contributed by atoms with van der Waals surface area (Å²) in [5, 5.41) is 1.03. The Hall–Kier alpha value is -0.700. The molecule has 0 aliphatic carbocycles. The van der Waals surface area contributed by atoms with Crippen molar-refractivity contribution in [1.82, 2.24) is 0 Å². The molecule has 0 unspecified atom stereocenters. The van der Waals surface area contributed by atoms with E-state index in [0.717, 1.165) is 42.7 Å². The third kappa shape index (κ3) is 4.99. The number of hydrogen-bond acceptors (Lipinski definition) is 2. The molecule has 1 rings (SSSR count). The first kappa shape index (κ1) is 14.4. The molecule has 0 saturated heterocycles. The van der Waals surface area contributed by atoms with Gasteiger partial charge in [0.2, 0.25) is 0 Å². The molecule has 1 radical (unpaired) electrons. The smallest absolute Gasteiger partial charge is 0.161 e. The maximum Gasteiger partial charge on any atom is 0.161 e. The molecule has 0 spiro atoms. The molecule has 0 heterocycles. The van der Waals surface area contributed by atoms with Gasteiger partial charge in [-0.2, -0.15) is 0 Å². The highest BCUT2D eigenvalue weighted by Crippen LogP contribution is 2.28. The van der Waals surface area contributed by atoms with Gasteiger partial charge in [0, 0.05) is 5.33 Å². The van der Waals surface area contributed by atoms with E-state index < -0.39 is 0 Å². The Labute approximate surface area is 112 Å². The van der Waals surface area contributed by atoms with Gasteiger partial charge in [-0.05, 0) is 43.4 Å². The van der Waals surface area contributed by atoms with Crippen LogP contribution in [0.25, 0.3) is 0 Å². The number of methoxy groups -OCH3 is 1. The fourth-order valence-electron chi connectivity index (χ4n) is 1.57. The predicted octanol–water partition coefficient (Wildman–Crippen LogP) is 4.02. The summed E-state index contributed by atoms with van der Waals surface area (Å²) >= 11 is 3.41. The molecular formula is C14H20BrO2. The van der Waals surface area contributed by atoms with E-state index in [2.05, 4.69) is 35.3 Å². The highest BCUT2D eigenvalue weighted by Gasteiger charge is 2.05. The van der Waals surface area contributed by atoms with Crippen LogP contribution in [0.3, 0.4) is 0 Å². The number of rotatable bonds is 8. The van der Waals surface area contributed by atoms with E-state index in [0.29, 0.717) is 0 Å². The van der Waals surface area contributed by atoms with E-state index in [1.807, 2.05) is 12.1 Å². The quantitative estimate of drug-likeness (QED) is 0.533. The third-order valence-corrected chi connectivity index (χ3v) is 3.01. The minimum atomic E-state index is 0.737. The van der Waals surface area contributed by atoms with Gasteiger partial charge in [0.25, 0.3) is 0 Å². The van der Waals surface area contributed by atoms with Crippen molar-refractivity contribution < 1.29 is 9.47 Å². The second kappa shape index (κ2) is 8.40. The zero-order valence-electron chi connectivity index (χ0n) is 10.5. The number of halogens is 1. The van der Waals surface area contributed by atoms with Crippen LogP contribution in [-0.4, -0.2) is 19.0 Å². The highest BCUT2D eigenvalue weighted by molar-refractivity contribution is 9.09. The first-order valence-corrected chi connectivity index (χ1v) is 7.07. The summed E-state index contributed by atoms with van der Waals surface area (Å²) in [6, 6.07) is 6.12. The number of alkyl halides is 1. The van der Waals surface area contributed by atoms with Crippen LogP contribution in [0.15, 0.2) is 18.2 Å². The molecule has 17 heavy (non-hydrogen) atoms. The third-order valence-electron chi connectivity index (χ3n) is 2.45. The number of benzene rings is 1. The van der Waals surface area contributed by atoms with E-state index in [1.165, 1.54) is 5.56 Å². The van der Waals surface area contributed by atoms with Crippen LogP contribution in [0.4, 0.5) is 0 Å². The maximum absolute atomic E-state index is 5.71. The lowest BCUT2D eigenvalue weighted by Crippen LogP contribution is -2.00. The van der Waals surface area contributed by atoms with E-state index >= 15 is 0 Å². The lowest BCUT2D eigenvalue weighted by atomic mass is 10.1. The average molecular weight is 300 g/mol. The summed E-state index contributed by atoms with van der Waals surface area (Å²) in [6.45, 7) is 2.79. The molecule has 0 fully saturated rings. The normalized spacial score (nSPS) is 10.3. The van der Waals surface area contributed by atoms with Crippen LogP contribution in [0.2, 0.25) is 0 Å². The van der Waals surface area contributed by atoms with Crippen LogP contribution in [-0.2, 0) is 6.42 Å². The largest absolute Gasteiger partial charge is 0.493 e. The molecule has 1 aromatic rings. The molecule has 0 aromatic heterocycles. The van der Waals surface area contributed by atoms with Crippen molar-refractivity contribution in [3.8, 4) is 11.5 Å². The highest BCUT2D eigenvalue weighted by atomic mass is 79.9. The SMILES string of the molecule is C[CH]Cc1ccc(OCCCCBr)c(OC)c1. The van der Waals surface area contributed by atoms with Gasteiger partial charge in [0.05, 0.1) is 13.7 Å². The second-order valence-corrected chi connectivity index (χ2v) is 4.64. The monoisotopic (exact) mass is 299 g/mol. The molecule has 1 aromatic carbocycles. The number of unbranched alkanes of at least 4 members (excludes halogenated alkanes) is 1. The fraction of sp³-hybridized carbons (Fsp3) is 0.500. The lowest BCUT2D eigenvalue weighted by Gasteiger charge is -2.11. The van der Waals surface area contributed by atoms with Gasteiger partial charge in [0.15, 0.2) is 11.5 Å². The molecule has 95 valence electrons. The Morgan fingerprint density at radius 2 is 2.06 bits per heavy atom. The fourth-order valence-corrected chi connectivity index (χ4v) is 1.97. The summed E-state index contributed by atoms with van der Waals surface area (Å²) in [4.78, 5) is 0. The molecular weight excluding hydrogens is 280 g/mol. The Kier molecular flexibility index (Phi) is 7.10. The van der Waals surface area contributed by atoms with Crippen LogP contribution in [0.1, 0.15) is 25.3 Å². The van der Waals surface area contributed by atoms with Crippen molar-refractivity contribution >= 4 is 15.9 Å². The maximum atomic E-state index is 5.71. The summed E-state index contributed by atoms with van der Waals surface area (Å²) < 4.78 is 11.0. The molecule has 2 nitrogen and oxygen atoms in total. The molecule has 0 amide bonds. The van der Waals surface area contributed by atoms with Gasteiger partial charge in [0.1, 0.15) is 0 Å². The van der Waals surface area contributed by atoms with Crippen LogP contribution < -0.4 is 9.47 Å². The van der Waals surface area contributed by atoms with Crippen LogP contribution in [0.5, 0.6) is 11.5 Å². The van der Waals surface area contributed by atoms with Crippen molar-refractivity contribution in [3.63, 3.8) is 0 Å². The van der Waals surface area contributed by atoms with E-state index in [4.69, 9.17) is 9.47 Å². The van der Waals surface area contributed by atoms with Gasteiger partial charge in [-0.3, -0.25) is 0 Å². The Morgan fingerprint density at radius 1 is 1.24 bits per heavy atom. The van der Waals surface area contributed by atoms with Crippen molar-refractivity contribution in [2.45, 2.75) is 26.2 Å². The summed E-state index contributed by atoms with van der Waals surface area (Å²) in [5.74, 6) is 1.66. The van der Waals surface area contributed by atoms with Gasteiger partial charge in [-0.15, -0.1) is 0 Å². The second-order valence-electron chi connectivity index (χ2n) is 3.84. The van der Waals surface area contributed by atoms with Crippen molar-refractivity contribution in [1.29, 1.82) is 0 Å². The molecule has 0 aliphatic rings. The van der Waals surface area contributed by atoms with E-state index in [9.17, 15) is 0 Å². The molecule has 0 N–H and O–H groups in total. The van der Waals surface area contributed by atoms with E-state index in [1.54, 1.807) is 7.11 Å². The van der Waals surface area contributed by atoms with Crippen molar-refractivity contribution in [2.75, 3.05) is 19.0 Å². The van der Waals surface area contributed by atoms with Crippen LogP contribution in [0, 0.1) is 6.42 Å². The number of ether oxygens (including phenoxy) is 2. The summed E-state index contributed by atoms with van der Waals surface area (Å²) in [6.07, 6.45) is 5.27. The minimum absolute atomic E-state index is 0.737. The Bertz CT molecular complexity index is 326. The van der Waals surface area contributed by atoms with Gasteiger partial charge < -0.3 is 9.47 Å². The zero-order valence-corrected chi connectivity index (χ0v) is 12.1. The molecule has 0 bridgehead atoms. The summed E-state index contributed by atoms with van der Waals surface area (Å²) in [5.41, 5.74) is 1.25. The molecule has 0 saturated carbocycles. The first-order chi connectivity index (χ1) is 8.31. The molecule has 3 heteroatoms. The molecule has 0 atom stereocenters. The Morgan fingerprint density at radius 3 is 2.71 bits per heavy atom. The van der Waals surface area contributed by atoms with Crippen molar-refractivity contribution in [3.05, 3.63) is 30.2 Å². The van der Waals surface area contributed by atoms with Crippen molar-refractivity contribution in [2.24, 2.45) is 0 Å². The zero-order chi connectivity index (χ0) is 12.5. The van der Waals surface area contributed by atoms with E-state index in [-0.39, 0.29) is 0 Å². The summed E-state index contributed by atoms with van der Waals surface area (Å²) in [7, 11) is 1.68. The molecule has 0 aliphatic heterocycles. The minimum Gasteiger partial charge on any atom is -0.493 e. The van der Waals surface area contributed by atoms with Gasteiger partial charge in [-0.25, -0.2) is 0 Å².